The van der Waals surface area contributed by atoms with E-state index in [1.165, 1.54) is 12.1 Å². The molecule has 0 saturated heterocycles. The molecule has 0 aliphatic carbocycles. The maximum Gasteiger partial charge on any atom is 0.339 e. The van der Waals surface area contributed by atoms with Crippen LogP contribution in [0.1, 0.15) is 5.56 Å². The Hall–Kier alpha value is -2.25. The average Bonchev–Trinajstić information content (AvgIpc) is 2.39. The van der Waals surface area contributed by atoms with Gasteiger partial charge in [0.05, 0.1) is 0 Å². The second kappa shape index (κ2) is 4.94. The molecule has 0 N–H and O–H groups in total. The van der Waals surface area contributed by atoms with Crippen molar-refractivity contribution >= 4 is 10.1 Å². The van der Waals surface area contributed by atoms with Crippen molar-refractivity contribution in [2.45, 2.75) is 4.90 Å². The van der Waals surface area contributed by atoms with Gasteiger partial charge in [0.25, 0.3) is 0 Å². The summed E-state index contributed by atoms with van der Waals surface area (Å²) < 4.78 is 28.9. The number of para-hydroxylation sites is 1. The molecule has 0 aliphatic heterocycles. The summed E-state index contributed by atoms with van der Waals surface area (Å²) in [5.74, 6) is 2.65. The summed E-state index contributed by atoms with van der Waals surface area (Å²) in [6.45, 7) is 0. The molecule has 0 bridgehead atoms. The van der Waals surface area contributed by atoms with Crippen molar-refractivity contribution in [3.8, 4) is 18.1 Å². The minimum atomic E-state index is -3.84. The molecule has 0 radical (unpaired) electrons. The van der Waals surface area contributed by atoms with Crippen molar-refractivity contribution < 1.29 is 12.6 Å². The molecule has 0 saturated carbocycles. The van der Waals surface area contributed by atoms with Crippen LogP contribution in [0.15, 0.2) is 59.5 Å². The first-order valence-electron chi connectivity index (χ1n) is 5.18. The molecule has 0 spiro atoms. The van der Waals surface area contributed by atoms with Gasteiger partial charge in [-0.3, -0.25) is 0 Å². The molecule has 0 fully saturated rings. The molecule has 0 aromatic heterocycles. The van der Waals surface area contributed by atoms with Gasteiger partial charge < -0.3 is 4.18 Å². The van der Waals surface area contributed by atoms with Crippen LogP contribution in [0, 0.1) is 12.3 Å². The van der Waals surface area contributed by atoms with Crippen LogP contribution in [0.4, 0.5) is 0 Å². The van der Waals surface area contributed by atoms with E-state index >= 15 is 0 Å². The van der Waals surface area contributed by atoms with E-state index in [0.717, 1.165) is 0 Å². The molecule has 0 amide bonds. The second-order valence-electron chi connectivity index (χ2n) is 3.52. The highest BCUT2D eigenvalue weighted by Crippen LogP contribution is 2.18. The summed E-state index contributed by atoms with van der Waals surface area (Å²) in [6, 6.07) is 14.4. The Morgan fingerprint density at radius 2 is 1.72 bits per heavy atom. The molecule has 3 nitrogen and oxygen atoms in total. The summed E-state index contributed by atoms with van der Waals surface area (Å²) in [6.07, 6.45) is 5.23. The molecule has 2 aromatic carbocycles. The molecule has 2 rings (SSSR count). The zero-order valence-corrected chi connectivity index (χ0v) is 10.2. The molecule has 0 heterocycles. The van der Waals surface area contributed by atoms with E-state index in [1.807, 2.05) is 0 Å². The van der Waals surface area contributed by atoms with Gasteiger partial charge in [0.1, 0.15) is 10.6 Å². The molecule has 18 heavy (non-hydrogen) atoms. The Kier molecular flexibility index (Phi) is 3.35. The van der Waals surface area contributed by atoms with Crippen LogP contribution in [0.2, 0.25) is 0 Å². The monoisotopic (exact) mass is 258 g/mol. The van der Waals surface area contributed by atoms with E-state index < -0.39 is 10.1 Å². The quantitative estimate of drug-likeness (QED) is 0.627. The van der Waals surface area contributed by atoms with E-state index in [9.17, 15) is 8.42 Å². The van der Waals surface area contributed by atoms with Gasteiger partial charge in [-0.05, 0) is 30.3 Å². The third-order valence-electron chi connectivity index (χ3n) is 2.24. The SMILES string of the molecule is C#Cc1cccc(S(=O)(=O)Oc2ccccc2)c1. The Morgan fingerprint density at radius 1 is 1.00 bits per heavy atom. The number of hydrogen-bond acceptors (Lipinski definition) is 3. The van der Waals surface area contributed by atoms with Gasteiger partial charge >= 0.3 is 10.1 Å². The molecular weight excluding hydrogens is 248 g/mol. The Balaban J connectivity index is 2.34. The van der Waals surface area contributed by atoms with Crippen molar-refractivity contribution in [1.29, 1.82) is 0 Å². The number of benzene rings is 2. The van der Waals surface area contributed by atoms with Crippen LogP contribution in [-0.2, 0) is 10.1 Å². The third-order valence-corrected chi connectivity index (χ3v) is 3.48. The maximum absolute atomic E-state index is 12.0. The summed E-state index contributed by atoms with van der Waals surface area (Å²) in [5.41, 5.74) is 0.493. The smallest absolute Gasteiger partial charge is 0.339 e. The first-order chi connectivity index (χ1) is 8.62. The van der Waals surface area contributed by atoms with Gasteiger partial charge in [-0.25, -0.2) is 0 Å². The lowest BCUT2D eigenvalue weighted by Crippen LogP contribution is -2.09. The van der Waals surface area contributed by atoms with Gasteiger partial charge in [-0.1, -0.05) is 30.2 Å². The van der Waals surface area contributed by atoms with Crippen LogP contribution in [0.3, 0.4) is 0 Å². The summed E-state index contributed by atoms with van der Waals surface area (Å²) >= 11 is 0. The maximum atomic E-state index is 12.0. The van der Waals surface area contributed by atoms with Crippen molar-refractivity contribution in [1.82, 2.24) is 0 Å². The van der Waals surface area contributed by atoms with Crippen LogP contribution in [0.25, 0.3) is 0 Å². The fourth-order valence-electron chi connectivity index (χ4n) is 1.39. The highest BCUT2D eigenvalue weighted by molar-refractivity contribution is 7.87. The van der Waals surface area contributed by atoms with E-state index in [1.54, 1.807) is 42.5 Å². The molecular formula is C14H10O3S. The predicted octanol–water partition coefficient (Wildman–Crippen LogP) is 2.44. The molecule has 2 aromatic rings. The topological polar surface area (TPSA) is 43.4 Å². The van der Waals surface area contributed by atoms with Gasteiger partial charge in [0.2, 0.25) is 0 Å². The summed E-state index contributed by atoms with van der Waals surface area (Å²) in [4.78, 5) is 0.0433. The minimum absolute atomic E-state index is 0.0433. The first kappa shape index (κ1) is 12.2. The third kappa shape index (κ3) is 2.70. The average molecular weight is 258 g/mol. The van der Waals surface area contributed by atoms with Crippen LogP contribution >= 0.6 is 0 Å². The lowest BCUT2D eigenvalue weighted by molar-refractivity contribution is 0.486. The highest BCUT2D eigenvalue weighted by Gasteiger charge is 2.16. The largest absolute Gasteiger partial charge is 0.379 e. The van der Waals surface area contributed by atoms with Gasteiger partial charge in [0, 0.05) is 5.56 Å². The molecule has 0 aliphatic rings. The lowest BCUT2D eigenvalue weighted by atomic mass is 10.2. The highest BCUT2D eigenvalue weighted by atomic mass is 32.2. The Morgan fingerprint density at radius 3 is 2.39 bits per heavy atom. The molecule has 90 valence electrons. The number of hydrogen-bond donors (Lipinski definition) is 0. The lowest BCUT2D eigenvalue weighted by Gasteiger charge is -2.06. The summed E-state index contributed by atoms with van der Waals surface area (Å²) in [7, 11) is -3.84. The zero-order chi connectivity index (χ0) is 13.0. The van der Waals surface area contributed by atoms with Crippen molar-refractivity contribution in [2.75, 3.05) is 0 Å². The second-order valence-corrected chi connectivity index (χ2v) is 5.07. The summed E-state index contributed by atoms with van der Waals surface area (Å²) in [5, 5.41) is 0. The zero-order valence-electron chi connectivity index (χ0n) is 9.41. The van der Waals surface area contributed by atoms with Crippen LogP contribution in [-0.4, -0.2) is 8.42 Å². The predicted molar refractivity (Wildman–Crippen MR) is 68.6 cm³/mol. The first-order valence-corrected chi connectivity index (χ1v) is 6.59. The normalized spacial score (nSPS) is 10.6. The molecule has 0 unspecified atom stereocenters. The van der Waals surface area contributed by atoms with Crippen molar-refractivity contribution in [3.05, 3.63) is 60.2 Å². The fraction of sp³-hybridized carbons (Fsp3) is 0. The van der Waals surface area contributed by atoms with Gasteiger partial charge in [0.15, 0.2) is 0 Å². The van der Waals surface area contributed by atoms with E-state index in [4.69, 9.17) is 10.6 Å². The van der Waals surface area contributed by atoms with Crippen LogP contribution in [0.5, 0.6) is 5.75 Å². The molecule has 0 atom stereocenters. The van der Waals surface area contributed by atoms with E-state index in [0.29, 0.717) is 5.56 Å². The Labute approximate surface area is 106 Å². The Bertz CT molecular complexity index is 682. The molecule has 4 heteroatoms. The fourth-order valence-corrected chi connectivity index (χ4v) is 2.37. The standard InChI is InChI=1S/C14H10O3S/c1-2-12-7-6-10-14(11-12)18(15,16)17-13-8-4-3-5-9-13/h1,3-11H. The van der Waals surface area contributed by atoms with Crippen molar-refractivity contribution in [2.24, 2.45) is 0 Å². The van der Waals surface area contributed by atoms with E-state index in [-0.39, 0.29) is 10.6 Å². The minimum Gasteiger partial charge on any atom is -0.379 e. The van der Waals surface area contributed by atoms with Crippen LogP contribution < -0.4 is 4.18 Å². The number of terminal acetylenes is 1. The van der Waals surface area contributed by atoms with Gasteiger partial charge in [-0.2, -0.15) is 8.42 Å². The van der Waals surface area contributed by atoms with Gasteiger partial charge in [-0.15, -0.1) is 6.42 Å². The number of rotatable bonds is 3. The van der Waals surface area contributed by atoms with Crippen molar-refractivity contribution in [3.63, 3.8) is 0 Å². The van der Waals surface area contributed by atoms with E-state index in [2.05, 4.69) is 5.92 Å².